The summed E-state index contributed by atoms with van der Waals surface area (Å²) in [5, 5.41) is -0.781. The number of hydrogen-bond acceptors (Lipinski definition) is 5. The smallest absolute Gasteiger partial charge is 0.416 e. The van der Waals surface area contributed by atoms with Gasteiger partial charge in [0.1, 0.15) is 16.7 Å². The number of halogens is 6. The molecule has 0 amide bonds. The largest absolute Gasteiger partial charge is 0.464 e. The zero-order valence-corrected chi connectivity index (χ0v) is 14.3. The number of nitrogens with two attached hydrogens (primary N) is 1. The van der Waals surface area contributed by atoms with Gasteiger partial charge in [0.15, 0.2) is 6.61 Å². The van der Waals surface area contributed by atoms with Crippen LogP contribution in [0.1, 0.15) is 11.1 Å². The van der Waals surface area contributed by atoms with Crippen molar-refractivity contribution in [1.82, 2.24) is 4.98 Å². The Morgan fingerprint density at radius 2 is 1.92 bits per heavy atom. The summed E-state index contributed by atoms with van der Waals surface area (Å²) in [7, 11) is 0. The standard InChI is InChI=1S/C15H10Cl2F4N2O3/c16-10-12(22)11(17)14(23-13(10)18)26-6-9(24)25-5-7-2-1-3-8(4-7)15(19,20)21/h1-4H,5-6H2,(H2,22,23). The summed E-state index contributed by atoms with van der Waals surface area (Å²) in [6.45, 7) is -1.13. The SMILES string of the molecule is Nc1c(Cl)c(F)nc(OCC(=O)OCc2cccc(C(F)(F)F)c2)c1Cl. The molecule has 0 aliphatic rings. The molecule has 26 heavy (non-hydrogen) atoms. The number of carbonyl (C=O) groups is 1. The van der Waals surface area contributed by atoms with Crippen molar-refractivity contribution in [1.29, 1.82) is 0 Å². The zero-order chi connectivity index (χ0) is 19.5. The van der Waals surface area contributed by atoms with E-state index in [-0.39, 0.29) is 16.3 Å². The van der Waals surface area contributed by atoms with Crippen LogP contribution in [0, 0.1) is 5.95 Å². The van der Waals surface area contributed by atoms with Gasteiger partial charge in [0.05, 0.1) is 11.3 Å². The van der Waals surface area contributed by atoms with Crippen LogP contribution in [0.25, 0.3) is 0 Å². The molecule has 2 aromatic rings. The van der Waals surface area contributed by atoms with Gasteiger partial charge >= 0.3 is 12.1 Å². The number of nitrogens with zero attached hydrogens (tertiary/aromatic N) is 1. The fourth-order valence-electron chi connectivity index (χ4n) is 1.78. The third-order valence-electron chi connectivity index (χ3n) is 3.02. The molecular formula is C15H10Cl2F4N2O3. The van der Waals surface area contributed by atoms with Crippen LogP contribution in [-0.2, 0) is 22.3 Å². The van der Waals surface area contributed by atoms with E-state index in [4.69, 9.17) is 38.4 Å². The number of anilines is 1. The fourth-order valence-corrected chi connectivity index (χ4v) is 2.15. The van der Waals surface area contributed by atoms with E-state index in [2.05, 4.69) is 4.98 Å². The predicted octanol–water partition coefficient (Wildman–Crippen LogP) is 4.25. The molecule has 1 aromatic heterocycles. The summed E-state index contributed by atoms with van der Waals surface area (Å²) in [5.74, 6) is -2.54. The van der Waals surface area contributed by atoms with Crippen molar-refractivity contribution < 1.29 is 31.8 Å². The van der Waals surface area contributed by atoms with E-state index in [1.807, 2.05) is 0 Å². The van der Waals surface area contributed by atoms with E-state index >= 15 is 0 Å². The van der Waals surface area contributed by atoms with Gasteiger partial charge in [-0.3, -0.25) is 0 Å². The maximum Gasteiger partial charge on any atom is 0.416 e. The van der Waals surface area contributed by atoms with Crippen LogP contribution in [0.4, 0.5) is 23.2 Å². The summed E-state index contributed by atoms with van der Waals surface area (Å²) in [5.41, 5.74) is 4.39. The molecule has 0 radical (unpaired) electrons. The van der Waals surface area contributed by atoms with Gasteiger partial charge in [-0.05, 0) is 17.7 Å². The van der Waals surface area contributed by atoms with Crippen LogP contribution in [0.3, 0.4) is 0 Å². The van der Waals surface area contributed by atoms with Crippen LogP contribution in [0.5, 0.6) is 5.88 Å². The summed E-state index contributed by atoms with van der Waals surface area (Å²) >= 11 is 11.3. The summed E-state index contributed by atoms with van der Waals surface area (Å²) in [4.78, 5) is 14.9. The first kappa shape index (κ1) is 20.1. The van der Waals surface area contributed by atoms with E-state index < -0.39 is 47.8 Å². The molecule has 5 nitrogen and oxygen atoms in total. The minimum Gasteiger partial charge on any atom is -0.464 e. The predicted molar refractivity (Wildman–Crippen MR) is 85.4 cm³/mol. The molecule has 0 aliphatic carbocycles. The minimum atomic E-state index is -4.51. The minimum absolute atomic E-state index is 0.131. The molecular weight excluding hydrogens is 403 g/mol. The lowest BCUT2D eigenvalue weighted by molar-refractivity contribution is -0.147. The number of esters is 1. The summed E-state index contributed by atoms with van der Waals surface area (Å²) in [6, 6.07) is 4.28. The molecule has 0 spiro atoms. The quantitative estimate of drug-likeness (QED) is 0.451. The van der Waals surface area contributed by atoms with E-state index in [1.54, 1.807) is 0 Å². The highest BCUT2D eigenvalue weighted by atomic mass is 35.5. The Morgan fingerprint density at radius 3 is 2.58 bits per heavy atom. The molecule has 0 aliphatic heterocycles. The number of nitrogen functional groups attached to an aromatic ring is 1. The molecule has 0 unspecified atom stereocenters. The first-order valence-electron chi connectivity index (χ1n) is 6.84. The number of carbonyl (C=O) groups excluding carboxylic acids is 1. The Labute approximate surface area is 154 Å². The Bertz CT molecular complexity index is 831. The van der Waals surface area contributed by atoms with Crippen molar-refractivity contribution >= 4 is 34.9 Å². The second kappa shape index (κ2) is 7.96. The number of pyridine rings is 1. The molecule has 1 aromatic carbocycles. The average Bonchev–Trinajstić information content (AvgIpc) is 2.59. The maximum atomic E-state index is 13.4. The topological polar surface area (TPSA) is 74.4 Å². The van der Waals surface area contributed by atoms with Gasteiger partial charge in [0.25, 0.3) is 0 Å². The number of aromatic nitrogens is 1. The monoisotopic (exact) mass is 412 g/mol. The first-order valence-corrected chi connectivity index (χ1v) is 7.59. The third-order valence-corrected chi connectivity index (χ3v) is 3.75. The fraction of sp³-hybridized carbons (Fsp3) is 0.200. The van der Waals surface area contributed by atoms with Crippen molar-refractivity contribution in [2.45, 2.75) is 12.8 Å². The molecule has 0 bridgehead atoms. The summed E-state index contributed by atoms with van der Waals surface area (Å²) in [6.07, 6.45) is -4.51. The van der Waals surface area contributed by atoms with Gasteiger partial charge in [-0.15, -0.1) is 0 Å². The second-order valence-electron chi connectivity index (χ2n) is 4.90. The summed E-state index contributed by atoms with van der Waals surface area (Å²) < 4.78 is 60.9. The van der Waals surface area contributed by atoms with Crippen LogP contribution in [0.15, 0.2) is 24.3 Å². The Kier molecular flexibility index (Phi) is 6.14. The lowest BCUT2D eigenvalue weighted by Crippen LogP contribution is -2.16. The normalized spacial score (nSPS) is 11.3. The highest BCUT2D eigenvalue weighted by molar-refractivity contribution is 6.39. The molecule has 0 saturated carbocycles. The lowest BCUT2D eigenvalue weighted by atomic mass is 10.1. The van der Waals surface area contributed by atoms with Gasteiger partial charge in [-0.2, -0.15) is 22.5 Å². The molecule has 0 saturated heterocycles. The molecule has 2 rings (SSSR count). The number of ether oxygens (including phenoxy) is 2. The molecule has 11 heteroatoms. The number of rotatable bonds is 5. The van der Waals surface area contributed by atoms with Crippen molar-refractivity contribution in [3.8, 4) is 5.88 Å². The number of hydrogen-bond donors (Lipinski definition) is 1. The van der Waals surface area contributed by atoms with E-state index in [0.29, 0.717) is 0 Å². The third kappa shape index (κ3) is 4.89. The molecule has 1 heterocycles. The van der Waals surface area contributed by atoms with Crippen LogP contribution >= 0.6 is 23.2 Å². The molecule has 140 valence electrons. The van der Waals surface area contributed by atoms with Gasteiger partial charge in [-0.1, -0.05) is 35.3 Å². The van der Waals surface area contributed by atoms with Crippen molar-refractivity contribution in [3.63, 3.8) is 0 Å². The van der Waals surface area contributed by atoms with Crippen LogP contribution in [0.2, 0.25) is 10.0 Å². The Balaban J connectivity index is 1.95. The molecule has 0 fully saturated rings. The van der Waals surface area contributed by atoms with Gasteiger partial charge in [0.2, 0.25) is 11.8 Å². The second-order valence-corrected chi connectivity index (χ2v) is 5.65. The Morgan fingerprint density at radius 1 is 1.23 bits per heavy atom. The average molecular weight is 413 g/mol. The van der Waals surface area contributed by atoms with Crippen LogP contribution in [-0.4, -0.2) is 17.6 Å². The maximum absolute atomic E-state index is 13.4. The number of benzene rings is 1. The lowest BCUT2D eigenvalue weighted by Gasteiger charge is -2.11. The van der Waals surface area contributed by atoms with Gasteiger partial charge < -0.3 is 15.2 Å². The van der Waals surface area contributed by atoms with Crippen molar-refractivity contribution in [2.75, 3.05) is 12.3 Å². The number of alkyl halides is 3. The van der Waals surface area contributed by atoms with E-state index in [1.165, 1.54) is 12.1 Å². The first-order chi connectivity index (χ1) is 12.1. The van der Waals surface area contributed by atoms with Gasteiger partial charge in [0, 0.05) is 0 Å². The van der Waals surface area contributed by atoms with Gasteiger partial charge in [-0.25, -0.2) is 4.79 Å². The highest BCUT2D eigenvalue weighted by Gasteiger charge is 2.30. The highest BCUT2D eigenvalue weighted by Crippen LogP contribution is 2.35. The molecule has 2 N–H and O–H groups in total. The zero-order valence-electron chi connectivity index (χ0n) is 12.7. The molecule has 0 atom stereocenters. The van der Waals surface area contributed by atoms with Crippen LogP contribution < -0.4 is 10.5 Å². The van der Waals surface area contributed by atoms with E-state index in [9.17, 15) is 22.4 Å². The van der Waals surface area contributed by atoms with Crippen molar-refractivity contribution in [2.24, 2.45) is 0 Å². The van der Waals surface area contributed by atoms with E-state index in [0.717, 1.165) is 12.1 Å². The Hall–Kier alpha value is -2.26. The van der Waals surface area contributed by atoms with Crippen molar-refractivity contribution in [3.05, 3.63) is 51.4 Å².